The van der Waals surface area contributed by atoms with Crippen LogP contribution in [0, 0.1) is 0 Å². The third kappa shape index (κ3) is 10.1. The summed E-state index contributed by atoms with van der Waals surface area (Å²) in [7, 11) is -0.881. The fourth-order valence-electron chi connectivity index (χ4n) is 3.68. The molecule has 0 fully saturated rings. The molecule has 5 heteroatoms. The van der Waals surface area contributed by atoms with Crippen molar-refractivity contribution in [1.29, 1.82) is 0 Å². The van der Waals surface area contributed by atoms with E-state index in [0.717, 1.165) is 12.3 Å². The molecule has 2 nitrogen and oxygen atoms in total. The van der Waals surface area contributed by atoms with Crippen LogP contribution in [-0.4, -0.2) is 34.7 Å². The molecule has 2 atom stereocenters. The molecular weight excluding hydrogens is 561 g/mol. The van der Waals surface area contributed by atoms with Gasteiger partial charge in [0, 0.05) is 32.7 Å². The van der Waals surface area contributed by atoms with Gasteiger partial charge < -0.3 is 10.2 Å². The van der Waals surface area contributed by atoms with Gasteiger partial charge in [0.05, 0.1) is 12.2 Å². The van der Waals surface area contributed by atoms with Crippen molar-refractivity contribution in [1.82, 2.24) is 0 Å². The van der Waals surface area contributed by atoms with Crippen molar-refractivity contribution in [2.75, 3.05) is 12.3 Å². The summed E-state index contributed by atoms with van der Waals surface area (Å²) in [6, 6.07) is 41.9. The molecule has 2 N–H and O–H groups in total. The Labute approximate surface area is 226 Å². The van der Waals surface area contributed by atoms with Crippen molar-refractivity contribution < 1.29 is 30.6 Å². The molecule has 0 saturated carbocycles. The van der Waals surface area contributed by atoms with E-state index < -0.39 is 15.8 Å². The van der Waals surface area contributed by atoms with E-state index in [0.29, 0.717) is 0 Å². The Balaban J connectivity index is 0.000000240. The number of aliphatic hydroxyl groups excluding tert-OH is 2. The second-order valence-electron chi connectivity index (χ2n) is 8.26. The topological polar surface area (TPSA) is 40.5 Å². The van der Waals surface area contributed by atoms with Crippen molar-refractivity contribution in [3.63, 3.8) is 0 Å². The summed E-state index contributed by atoms with van der Waals surface area (Å²) in [5.41, 5.74) is 0. The maximum atomic E-state index is 9.66. The normalized spacial score (nSPS) is 12.3. The van der Waals surface area contributed by atoms with Gasteiger partial charge in [-0.3, -0.25) is 0 Å². The molecule has 4 rings (SSSR count). The first kappa shape index (κ1) is 29.6. The molecule has 0 aliphatic heterocycles. The molecule has 0 heterocycles. The van der Waals surface area contributed by atoms with Crippen LogP contribution >= 0.6 is 15.8 Å². The van der Waals surface area contributed by atoms with E-state index >= 15 is 0 Å². The van der Waals surface area contributed by atoms with Crippen molar-refractivity contribution >= 4 is 37.1 Å². The van der Waals surface area contributed by atoms with E-state index in [9.17, 15) is 10.2 Å². The average Bonchev–Trinajstić information content (AvgIpc) is 2.88. The van der Waals surface area contributed by atoms with Crippen LogP contribution in [0.25, 0.3) is 0 Å². The van der Waals surface area contributed by atoms with E-state index in [1.807, 2.05) is 38.1 Å². The van der Waals surface area contributed by atoms with Gasteiger partial charge in [-0.05, 0) is 50.9 Å². The summed E-state index contributed by atoms with van der Waals surface area (Å²) in [5.74, 6) is 0. The van der Waals surface area contributed by atoms with Crippen LogP contribution in [0.5, 0.6) is 0 Å². The Morgan fingerprint density at radius 1 is 0.457 bits per heavy atom. The van der Waals surface area contributed by atoms with Crippen molar-refractivity contribution in [3.05, 3.63) is 121 Å². The molecule has 0 radical (unpaired) electrons. The summed E-state index contributed by atoms with van der Waals surface area (Å²) in [4.78, 5) is 0. The second-order valence-corrected chi connectivity index (χ2v) is 12.8. The standard InChI is InChI=1S/2C15H17OP.Pd/c2*1-13(16)12-17(14-8-4-2-5-9-14)15-10-6-3-7-11-15;/h2*2-11,13,16H,12H2,1H3;. The third-order valence-corrected chi connectivity index (χ3v) is 10.6. The zero-order chi connectivity index (χ0) is 24.2. The first-order chi connectivity index (χ1) is 16.5. The minimum Gasteiger partial charge on any atom is -0.393 e. The molecule has 0 bridgehead atoms. The van der Waals surface area contributed by atoms with Crippen molar-refractivity contribution in [2.24, 2.45) is 0 Å². The molecule has 0 amide bonds. The van der Waals surface area contributed by atoms with Crippen LogP contribution < -0.4 is 21.2 Å². The summed E-state index contributed by atoms with van der Waals surface area (Å²) < 4.78 is 0. The fraction of sp³-hybridized carbons (Fsp3) is 0.200. The molecule has 0 aromatic heterocycles. The first-order valence-corrected chi connectivity index (χ1v) is 14.7. The zero-order valence-electron chi connectivity index (χ0n) is 20.2. The minimum absolute atomic E-state index is 0. The van der Waals surface area contributed by atoms with Crippen LogP contribution in [-0.2, 0) is 20.4 Å². The van der Waals surface area contributed by atoms with E-state index in [-0.39, 0.29) is 32.6 Å². The third-order valence-electron chi connectivity index (χ3n) is 5.17. The first-order valence-electron chi connectivity index (χ1n) is 11.7. The van der Waals surface area contributed by atoms with E-state index in [1.54, 1.807) is 0 Å². The van der Waals surface area contributed by atoms with Gasteiger partial charge in [0.15, 0.2) is 0 Å². The van der Waals surface area contributed by atoms with Gasteiger partial charge in [-0.1, -0.05) is 121 Å². The van der Waals surface area contributed by atoms with Crippen LogP contribution in [0.15, 0.2) is 121 Å². The largest absolute Gasteiger partial charge is 0.393 e. The number of hydrogen-bond acceptors (Lipinski definition) is 2. The fourth-order valence-corrected chi connectivity index (χ4v) is 8.30. The van der Waals surface area contributed by atoms with Gasteiger partial charge >= 0.3 is 0 Å². The Kier molecular flexibility index (Phi) is 13.6. The molecule has 4 aromatic rings. The van der Waals surface area contributed by atoms with Crippen molar-refractivity contribution in [2.45, 2.75) is 26.1 Å². The van der Waals surface area contributed by atoms with Gasteiger partial charge in [0.1, 0.15) is 0 Å². The number of benzene rings is 4. The Morgan fingerprint density at radius 3 is 0.829 bits per heavy atom. The van der Waals surface area contributed by atoms with Crippen LogP contribution in [0.1, 0.15) is 13.8 Å². The monoisotopic (exact) mass is 594 g/mol. The van der Waals surface area contributed by atoms with Gasteiger partial charge in [-0.25, -0.2) is 0 Å². The molecule has 4 aromatic carbocycles. The van der Waals surface area contributed by atoms with Crippen LogP contribution in [0.2, 0.25) is 0 Å². The maximum absolute atomic E-state index is 9.66. The number of hydrogen-bond donors (Lipinski definition) is 2. The maximum Gasteiger partial charge on any atom is 0.0557 e. The second kappa shape index (κ2) is 16.1. The molecule has 2 unspecified atom stereocenters. The Bertz CT molecular complexity index is 895. The van der Waals surface area contributed by atoms with Gasteiger partial charge in [-0.2, -0.15) is 0 Å². The summed E-state index contributed by atoms with van der Waals surface area (Å²) >= 11 is 0. The predicted molar refractivity (Wildman–Crippen MR) is 151 cm³/mol. The van der Waals surface area contributed by atoms with Crippen LogP contribution in [0.3, 0.4) is 0 Å². The molecule has 0 aliphatic carbocycles. The van der Waals surface area contributed by atoms with Gasteiger partial charge in [0.25, 0.3) is 0 Å². The van der Waals surface area contributed by atoms with Gasteiger partial charge in [0.2, 0.25) is 0 Å². The smallest absolute Gasteiger partial charge is 0.0557 e. The van der Waals surface area contributed by atoms with Crippen molar-refractivity contribution in [3.8, 4) is 0 Å². The average molecular weight is 595 g/mol. The number of rotatable bonds is 8. The van der Waals surface area contributed by atoms with E-state index in [4.69, 9.17) is 0 Å². The molecule has 35 heavy (non-hydrogen) atoms. The summed E-state index contributed by atoms with van der Waals surface area (Å²) in [5, 5.41) is 24.6. The number of aliphatic hydroxyl groups is 2. The molecule has 0 spiro atoms. The van der Waals surface area contributed by atoms with E-state index in [2.05, 4.69) is 97.1 Å². The molecule has 0 aliphatic rings. The molecule has 0 saturated heterocycles. The Hall–Kier alpha value is -1.68. The quantitative estimate of drug-likeness (QED) is 0.223. The Morgan fingerprint density at radius 2 is 0.657 bits per heavy atom. The molecular formula is C30H34O2P2Pd. The van der Waals surface area contributed by atoms with Crippen LogP contribution in [0.4, 0.5) is 0 Å². The summed E-state index contributed by atoms with van der Waals surface area (Å²) in [6.07, 6.45) is 1.12. The predicted octanol–water partition coefficient (Wildman–Crippen LogP) is 5.00. The van der Waals surface area contributed by atoms with Gasteiger partial charge in [-0.15, -0.1) is 0 Å². The molecule has 186 valence electrons. The SMILES string of the molecule is CC(O)CP(c1ccccc1)c1ccccc1.CC(O)CP(c1ccccc1)c1ccccc1.[Pd]. The zero-order valence-corrected chi connectivity index (χ0v) is 23.6. The van der Waals surface area contributed by atoms with E-state index in [1.165, 1.54) is 21.2 Å². The minimum atomic E-state index is -0.440. The summed E-state index contributed by atoms with van der Waals surface area (Å²) in [6.45, 7) is 3.72.